The molecule has 0 atom stereocenters. The summed E-state index contributed by atoms with van der Waals surface area (Å²) in [6.07, 6.45) is 11.2. The molecule has 0 amide bonds. The first kappa shape index (κ1) is 11.9. The summed E-state index contributed by atoms with van der Waals surface area (Å²) in [6.45, 7) is 7.07. The van der Waals surface area contributed by atoms with E-state index in [0.29, 0.717) is 16.6 Å². The van der Waals surface area contributed by atoms with Gasteiger partial charge in [-0.25, -0.2) is 0 Å². The van der Waals surface area contributed by atoms with Crippen molar-refractivity contribution in [3.8, 4) is 0 Å². The second-order valence-electron chi connectivity index (χ2n) is 6.80. The highest BCUT2D eigenvalue weighted by Crippen LogP contribution is 2.49. The van der Waals surface area contributed by atoms with Crippen LogP contribution in [0.4, 0.5) is 0 Å². The molecule has 1 heteroatoms. The Morgan fingerprint density at radius 3 is 2.25 bits per heavy atom. The Morgan fingerprint density at radius 2 is 1.81 bits per heavy atom. The van der Waals surface area contributed by atoms with Gasteiger partial charge in [-0.05, 0) is 54.9 Å². The number of carbonyl (C=O) groups is 1. The van der Waals surface area contributed by atoms with E-state index >= 15 is 0 Å². The van der Waals surface area contributed by atoms with Crippen LogP contribution in [0.1, 0.15) is 59.3 Å². The van der Waals surface area contributed by atoms with Gasteiger partial charge in [-0.3, -0.25) is 4.79 Å². The van der Waals surface area contributed by atoms with E-state index in [-0.39, 0.29) is 0 Å². The maximum Gasteiger partial charge on any atom is 0.155 e. The fourth-order valence-corrected chi connectivity index (χ4v) is 3.28. The Labute approximate surface area is 99.3 Å². The van der Waals surface area contributed by atoms with Crippen molar-refractivity contribution in [3.05, 3.63) is 12.2 Å². The van der Waals surface area contributed by atoms with Gasteiger partial charge in [-0.2, -0.15) is 0 Å². The molecule has 0 unspecified atom stereocenters. The van der Waals surface area contributed by atoms with Crippen LogP contribution in [0, 0.1) is 16.7 Å². The molecule has 1 spiro atoms. The van der Waals surface area contributed by atoms with Gasteiger partial charge in [0, 0.05) is 6.42 Å². The molecule has 0 aromatic heterocycles. The zero-order valence-electron chi connectivity index (χ0n) is 10.9. The third-order valence-electron chi connectivity index (χ3n) is 4.70. The molecule has 2 rings (SSSR count). The molecule has 2 aliphatic carbocycles. The van der Waals surface area contributed by atoms with Gasteiger partial charge in [0.15, 0.2) is 5.78 Å². The highest BCUT2D eigenvalue weighted by atomic mass is 16.1. The number of ketones is 1. The molecule has 0 heterocycles. The average molecular weight is 220 g/mol. The van der Waals surface area contributed by atoms with Crippen molar-refractivity contribution in [1.82, 2.24) is 0 Å². The lowest BCUT2D eigenvalue weighted by Gasteiger charge is -2.43. The lowest BCUT2D eigenvalue weighted by atomic mass is 9.61. The number of allylic oxidation sites excluding steroid dienone is 2. The van der Waals surface area contributed by atoms with Gasteiger partial charge in [0.1, 0.15) is 0 Å². The molecule has 0 aromatic rings. The largest absolute Gasteiger partial charge is 0.295 e. The summed E-state index contributed by atoms with van der Waals surface area (Å²) < 4.78 is 0. The molecule has 0 N–H and O–H groups in total. The second kappa shape index (κ2) is 4.01. The summed E-state index contributed by atoms with van der Waals surface area (Å²) in [6, 6.07) is 0. The molecule has 1 saturated carbocycles. The van der Waals surface area contributed by atoms with Gasteiger partial charge >= 0.3 is 0 Å². The topological polar surface area (TPSA) is 17.1 Å². The smallest absolute Gasteiger partial charge is 0.155 e. The normalized spacial score (nSPS) is 35.7. The Hall–Kier alpha value is -0.590. The van der Waals surface area contributed by atoms with Crippen LogP contribution in [-0.2, 0) is 4.79 Å². The van der Waals surface area contributed by atoms with Crippen LogP contribution >= 0.6 is 0 Å². The van der Waals surface area contributed by atoms with E-state index in [1.807, 2.05) is 6.08 Å². The summed E-state index contributed by atoms with van der Waals surface area (Å²) in [5, 5.41) is 0. The molecule has 0 aliphatic heterocycles. The van der Waals surface area contributed by atoms with Crippen LogP contribution in [0.25, 0.3) is 0 Å². The molecule has 1 fully saturated rings. The van der Waals surface area contributed by atoms with Gasteiger partial charge in [-0.15, -0.1) is 0 Å². The molecule has 1 nitrogen and oxygen atoms in total. The van der Waals surface area contributed by atoms with Crippen LogP contribution in [0.15, 0.2) is 12.2 Å². The summed E-state index contributed by atoms with van der Waals surface area (Å²) in [5.41, 5.74) is 0.839. The van der Waals surface area contributed by atoms with Crippen molar-refractivity contribution >= 4 is 5.78 Å². The molecule has 0 radical (unpaired) electrons. The molecule has 16 heavy (non-hydrogen) atoms. The van der Waals surface area contributed by atoms with Crippen molar-refractivity contribution in [2.24, 2.45) is 16.7 Å². The molecular weight excluding hydrogens is 196 g/mol. The highest BCUT2D eigenvalue weighted by Gasteiger charge is 2.38. The van der Waals surface area contributed by atoms with E-state index in [9.17, 15) is 4.79 Å². The summed E-state index contributed by atoms with van der Waals surface area (Å²) in [7, 11) is 0. The van der Waals surface area contributed by atoms with E-state index in [2.05, 4.69) is 26.8 Å². The van der Waals surface area contributed by atoms with E-state index < -0.39 is 0 Å². The minimum atomic E-state index is 0.323. The minimum absolute atomic E-state index is 0.323. The van der Waals surface area contributed by atoms with Crippen molar-refractivity contribution < 1.29 is 4.79 Å². The standard InChI is InChI=1S/C15H24O/c1-14(2,3)12-4-8-15(9-5-12)10-6-13(16)7-11-15/h6,10,12H,4-5,7-9,11H2,1-3H3. The zero-order chi connectivity index (χ0) is 11.8. The first-order valence-electron chi connectivity index (χ1n) is 6.63. The first-order chi connectivity index (χ1) is 7.41. The van der Waals surface area contributed by atoms with Crippen molar-refractivity contribution in [2.45, 2.75) is 59.3 Å². The van der Waals surface area contributed by atoms with E-state index in [1.165, 1.54) is 25.7 Å². The van der Waals surface area contributed by atoms with Gasteiger partial charge in [0.2, 0.25) is 0 Å². The fraction of sp³-hybridized carbons (Fsp3) is 0.800. The van der Waals surface area contributed by atoms with Crippen LogP contribution in [0.2, 0.25) is 0 Å². The quantitative estimate of drug-likeness (QED) is 0.600. The molecule has 2 aliphatic rings. The monoisotopic (exact) mass is 220 g/mol. The maximum atomic E-state index is 11.2. The number of rotatable bonds is 0. The number of carbonyl (C=O) groups excluding carboxylic acids is 1. The van der Waals surface area contributed by atoms with Gasteiger partial charge in [0.05, 0.1) is 0 Å². The van der Waals surface area contributed by atoms with Gasteiger partial charge in [-0.1, -0.05) is 26.8 Å². The summed E-state index contributed by atoms with van der Waals surface area (Å²) in [5.74, 6) is 1.19. The molecule has 0 bridgehead atoms. The van der Waals surface area contributed by atoms with Crippen LogP contribution < -0.4 is 0 Å². The SMILES string of the molecule is CC(C)(C)C1CCC2(C=CC(=O)CC2)CC1. The lowest BCUT2D eigenvalue weighted by Crippen LogP contribution is -2.33. The Balaban J connectivity index is 2.00. The minimum Gasteiger partial charge on any atom is -0.295 e. The Morgan fingerprint density at radius 1 is 1.19 bits per heavy atom. The average Bonchev–Trinajstić information content (AvgIpc) is 2.22. The molecule has 90 valence electrons. The van der Waals surface area contributed by atoms with Crippen molar-refractivity contribution in [3.63, 3.8) is 0 Å². The van der Waals surface area contributed by atoms with Gasteiger partial charge in [0.25, 0.3) is 0 Å². The first-order valence-corrected chi connectivity index (χ1v) is 6.63. The van der Waals surface area contributed by atoms with E-state index in [4.69, 9.17) is 0 Å². The fourth-order valence-electron chi connectivity index (χ4n) is 3.28. The Bertz CT molecular complexity index is 298. The maximum absolute atomic E-state index is 11.2. The lowest BCUT2D eigenvalue weighted by molar-refractivity contribution is -0.115. The zero-order valence-corrected chi connectivity index (χ0v) is 10.9. The van der Waals surface area contributed by atoms with E-state index in [0.717, 1.165) is 18.8 Å². The predicted octanol–water partition coefficient (Wildman–Crippen LogP) is 4.13. The molecular formula is C15H24O. The second-order valence-corrected chi connectivity index (χ2v) is 6.80. The highest BCUT2D eigenvalue weighted by molar-refractivity contribution is 5.90. The Kier molecular flexibility index (Phi) is 2.98. The molecule has 0 aromatic carbocycles. The van der Waals surface area contributed by atoms with Crippen molar-refractivity contribution in [1.29, 1.82) is 0 Å². The predicted molar refractivity (Wildman–Crippen MR) is 67.2 cm³/mol. The van der Waals surface area contributed by atoms with E-state index in [1.54, 1.807) is 0 Å². The third kappa shape index (κ3) is 2.39. The number of hydrogen-bond donors (Lipinski definition) is 0. The van der Waals surface area contributed by atoms with Crippen LogP contribution in [0.5, 0.6) is 0 Å². The third-order valence-corrected chi connectivity index (χ3v) is 4.70. The van der Waals surface area contributed by atoms with Crippen LogP contribution in [-0.4, -0.2) is 5.78 Å². The van der Waals surface area contributed by atoms with Crippen LogP contribution in [0.3, 0.4) is 0 Å². The van der Waals surface area contributed by atoms with Gasteiger partial charge < -0.3 is 0 Å². The van der Waals surface area contributed by atoms with Crippen molar-refractivity contribution in [2.75, 3.05) is 0 Å². The summed E-state index contributed by atoms with van der Waals surface area (Å²) >= 11 is 0. The summed E-state index contributed by atoms with van der Waals surface area (Å²) in [4.78, 5) is 11.2. The molecule has 0 saturated heterocycles. The number of hydrogen-bond acceptors (Lipinski definition) is 1.